The quantitative estimate of drug-likeness (QED) is 0.724. The number of aliphatic carboxylic acids is 1. The van der Waals surface area contributed by atoms with Crippen LogP contribution in [-0.4, -0.2) is 38.9 Å². The Morgan fingerprint density at radius 3 is 2.27 bits per heavy atom. The summed E-state index contributed by atoms with van der Waals surface area (Å²) in [5.74, 6) is 0.532. The van der Waals surface area contributed by atoms with Gasteiger partial charge in [-0.05, 0) is 30.4 Å². The van der Waals surface area contributed by atoms with E-state index in [0.717, 1.165) is 5.56 Å². The van der Waals surface area contributed by atoms with Crippen LogP contribution in [0.15, 0.2) is 12.1 Å². The first-order valence-corrected chi connectivity index (χ1v) is 7.19. The zero-order valence-electron chi connectivity index (χ0n) is 13.6. The van der Waals surface area contributed by atoms with Gasteiger partial charge in [-0.2, -0.15) is 0 Å². The van der Waals surface area contributed by atoms with Crippen LogP contribution < -0.4 is 19.9 Å². The van der Waals surface area contributed by atoms with Gasteiger partial charge in [0.05, 0.1) is 27.2 Å². The third-order valence-electron chi connectivity index (χ3n) is 3.67. The predicted octanol–water partition coefficient (Wildman–Crippen LogP) is 1.94. The molecule has 2 atom stereocenters. The van der Waals surface area contributed by atoms with Crippen LogP contribution in [-0.2, 0) is 11.2 Å². The summed E-state index contributed by atoms with van der Waals surface area (Å²) in [5, 5.41) is 9.10. The van der Waals surface area contributed by atoms with Crippen LogP contribution >= 0.6 is 0 Å². The summed E-state index contributed by atoms with van der Waals surface area (Å²) in [6, 6.07) is 3.73. The molecule has 22 heavy (non-hydrogen) atoms. The van der Waals surface area contributed by atoms with E-state index in [4.69, 9.17) is 25.1 Å². The summed E-state index contributed by atoms with van der Waals surface area (Å²) in [7, 11) is 4.70. The minimum absolute atomic E-state index is 0.142. The Morgan fingerprint density at radius 1 is 1.18 bits per heavy atom. The maximum Gasteiger partial charge on any atom is 0.307 e. The van der Waals surface area contributed by atoms with Crippen molar-refractivity contribution in [1.82, 2.24) is 0 Å². The molecule has 0 spiro atoms. The van der Waals surface area contributed by atoms with Crippen molar-refractivity contribution in [3.05, 3.63) is 17.7 Å². The van der Waals surface area contributed by atoms with Crippen molar-refractivity contribution >= 4 is 5.97 Å². The van der Waals surface area contributed by atoms with Gasteiger partial charge in [-0.1, -0.05) is 13.0 Å². The molecular formula is C16H25NO5. The minimum Gasteiger partial charge on any atom is -0.493 e. The second-order valence-electron chi connectivity index (χ2n) is 5.31. The molecule has 1 rings (SSSR count). The Bertz CT molecular complexity index is 504. The average molecular weight is 311 g/mol. The molecule has 0 fully saturated rings. The highest BCUT2D eigenvalue weighted by molar-refractivity contribution is 5.70. The Kier molecular flexibility index (Phi) is 6.98. The molecule has 2 unspecified atom stereocenters. The largest absolute Gasteiger partial charge is 0.493 e. The fourth-order valence-electron chi connectivity index (χ4n) is 2.57. The van der Waals surface area contributed by atoms with Crippen LogP contribution in [0.1, 0.15) is 18.9 Å². The molecule has 6 nitrogen and oxygen atoms in total. The average Bonchev–Trinajstić information content (AvgIpc) is 2.51. The Morgan fingerprint density at radius 2 is 1.82 bits per heavy atom. The lowest BCUT2D eigenvalue weighted by molar-refractivity contribution is -0.141. The van der Waals surface area contributed by atoms with Crippen molar-refractivity contribution < 1.29 is 24.1 Å². The van der Waals surface area contributed by atoms with Gasteiger partial charge in [0.25, 0.3) is 0 Å². The van der Waals surface area contributed by atoms with Crippen molar-refractivity contribution in [2.45, 2.75) is 19.8 Å². The molecule has 0 aliphatic carbocycles. The summed E-state index contributed by atoms with van der Waals surface area (Å²) < 4.78 is 16.1. The van der Waals surface area contributed by atoms with Crippen LogP contribution in [0.3, 0.4) is 0 Å². The molecule has 0 saturated carbocycles. The van der Waals surface area contributed by atoms with E-state index in [2.05, 4.69) is 0 Å². The van der Waals surface area contributed by atoms with Crippen LogP contribution in [0.25, 0.3) is 0 Å². The number of ether oxygens (including phenoxy) is 3. The SMILES string of the molecule is COc1ccc(CC(C)CC(CN)C(=O)O)c(OC)c1OC. The first-order valence-electron chi connectivity index (χ1n) is 7.19. The molecule has 6 heteroatoms. The topological polar surface area (TPSA) is 91.0 Å². The third kappa shape index (κ3) is 4.27. The van der Waals surface area contributed by atoms with Gasteiger partial charge >= 0.3 is 5.97 Å². The summed E-state index contributed by atoms with van der Waals surface area (Å²) in [6.45, 7) is 2.14. The van der Waals surface area contributed by atoms with Crippen LogP contribution in [0.2, 0.25) is 0 Å². The van der Waals surface area contributed by atoms with Crippen molar-refractivity contribution in [3.8, 4) is 17.2 Å². The lowest BCUT2D eigenvalue weighted by Gasteiger charge is -2.20. The lowest BCUT2D eigenvalue weighted by atomic mass is 9.90. The van der Waals surface area contributed by atoms with Gasteiger partial charge in [0, 0.05) is 6.54 Å². The van der Waals surface area contributed by atoms with Crippen molar-refractivity contribution in [3.63, 3.8) is 0 Å². The first kappa shape index (κ1) is 18.1. The van der Waals surface area contributed by atoms with E-state index in [9.17, 15) is 4.79 Å². The molecule has 0 radical (unpaired) electrons. The molecule has 1 aromatic carbocycles. The third-order valence-corrected chi connectivity index (χ3v) is 3.67. The summed E-state index contributed by atoms with van der Waals surface area (Å²) in [6.07, 6.45) is 1.19. The second-order valence-corrected chi connectivity index (χ2v) is 5.31. The van der Waals surface area contributed by atoms with Gasteiger partial charge in [0.1, 0.15) is 0 Å². The number of benzene rings is 1. The van der Waals surface area contributed by atoms with Crippen LogP contribution in [0, 0.1) is 11.8 Å². The van der Waals surface area contributed by atoms with Crippen LogP contribution in [0.5, 0.6) is 17.2 Å². The number of nitrogens with two attached hydrogens (primary N) is 1. The zero-order chi connectivity index (χ0) is 16.7. The van der Waals surface area contributed by atoms with E-state index >= 15 is 0 Å². The van der Waals surface area contributed by atoms with E-state index in [1.807, 2.05) is 19.1 Å². The summed E-state index contributed by atoms with van der Waals surface area (Å²) in [4.78, 5) is 11.1. The smallest absolute Gasteiger partial charge is 0.307 e. The maximum absolute atomic E-state index is 11.1. The van der Waals surface area contributed by atoms with Gasteiger partial charge in [0.2, 0.25) is 5.75 Å². The second kappa shape index (κ2) is 8.48. The normalized spacial score (nSPS) is 13.3. The first-order chi connectivity index (χ1) is 10.5. The van der Waals surface area contributed by atoms with Crippen molar-refractivity contribution in [2.24, 2.45) is 17.6 Å². The molecule has 0 amide bonds. The van der Waals surface area contributed by atoms with E-state index in [0.29, 0.717) is 30.1 Å². The van der Waals surface area contributed by atoms with Gasteiger partial charge in [-0.25, -0.2) is 0 Å². The number of hydrogen-bond donors (Lipinski definition) is 2. The van der Waals surface area contributed by atoms with Crippen LogP contribution in [0.4, 0.5) is 0 Å². The summed E-state index contributed by atoms with van der Waals surface area (Å²) in [5.41, 5.74) is 6.47. The number of hydrogen-bond acceptors (Lipinski definition) is 5. The Balaban J connectivity index is 2.95. The molecule has 3 N–H and O–H groups in total. The van der Waals surface area contributed by atoms with E-state index in [-0.39, 0.29) is 12.5 Å². The molecular weight excluding hydrogens is 286 g/mol. The fourth-order valence-corrected chi connectivity index (χ4v) is 2.57. The Labute approximate surface area is 131 Å². The number of methoxy groups -OCH3 is 3. The molecule has 0 saturated heterocycles. The number of rotatable bonds is 9. The van der Waals surface area contributed by atoms with Gasteiger partial charge < -0.3 is 25.1 Å². The van der Waals surface area contributed by atoms with Gasteiger partial charge in [-0.15, -0.1) is 0 Å². The fraction of sp³-hybridized carbons (Fsp3) is 0.562. The monoisotopic (exact) mass is 311 g/mol. The zero-order valence-corrected chi connectivity index (χ0v) is 13.6. The lowest BCUT2D eigenvalue weighted by Crippen LogP contribution is -2.25. The number of carboxylic acid groups (broad SMARTS) is 1. The van der Waals surface area contributed by atoms with E-state index < -0.39 is 11.9 Å². The van der Waals surface area contributed by atoms with E-state index in [1.165, 1.54) is 0 Å². The standard InChI is InChI=1S/C16H25NO5/c1-10(8-12(9-17)16(18)19)7-11-5-6-13(20-2)15(22-4)14(11)21-3/h5-6,10,12H,7-9,17H2,1-4H3,(H,18,19). The van der Waals surface area contributed by atoms with Crippen molar-refractivity contribution in [2.75, 3.05) is 27.9 Å². The number of carbonyl (C=O) groups is 1. The predicted molar refractivity (Wildman–Crippen MR) is 83.8 cm³/mol. The maximum atomic E-state index is 11.1. The highest BCUT2D eigenvalue weighted by Gasteiger charge is 2.22. The molecule has 0 aliphatic heterocycles. The Hall–Kier alpha value is -1.95. The van der Waals surface area contributed by atoms with E-state index in [1.54, 1.807) is 21.3 Å². The highest BCUT2D eigenvalue weighted by atomic mass is 16.5. The highest BCUT2D eigenvalue weighted by Crippen LogP contribution is 2.40. The van der Waals surface area contributed by atoms with Gasteiger partial charge in [0.15, 0.2) is 11.5 Å². The van der Waals surface area contributed by atoms with Gasteiger partial charge in [-0.3, -0.25) is 4.79 Å². The number of carboxylic acids is 1. The molecule has 0 heterocycles. The summed E-state index contributed by atoms with van der Waals surface area (Å²) >= 11 is 0. The molecule has 0 bridgehead atoms. The molecule has 1 aromatic rings. The molecule has 124 valence electrons. The van der Waals surface area contributed by atoms with Crippen molar-refractivity contribution in [1.29, 1.82) is 0 Å². The molecule has 0 aromatic heterocycles. The molecule has 0 aliphatic rings. The minimum atomic E-state index is -0.853.